The minimum atomic E-state index is -0.331. The summed E-state index contributed by atoms with van der Waals surface area (Å²) >= 11 is 0. The minimum Gasteiger partial charge on any atom is -0.496 e. The number of nitrogens with zero attached hydrogens (tertiary/aromatic N) is 2. The summed E-state index contributed by atoms with van der Waals surface area (Å²) in [6.45, 7) is 0.675. The van der Waals surface area contributed by atoms with Crippen LogP contribution >= 0.6 is 0 Å². The van der Waals surface area contributed by atoms with Gasteiger partial charge in [0.05, 0.1) is 12.7 Å². The molecule has 0 fully saturated rings. The summed E-state index contributed by atoms with van der Waals surface area (Å²) in [5, 5.41) is 5.63. The molecule has 2 heterocycles. The highest BCUT2D eigenvalue weighted by atomic mass is 16.5. The van der Waals surface area contributed by atoms with Crippen molar-refractivity contribution >= 4 is 11.8 Å². The maximum atomic E-state index is 12.6. The number of aromatic nitrogens is 2. The second-order valence-electron chi connectivity index (χ2n) is 6.00. The first kappa shape index (κ1) is 21.5. The summed E-state index contributed by atoms with van der Waals surface area (Å²) in [5.74, 6) is -0.220. The third-order valence-corrected chi connectivity index (χ3v) is 4.06. The number of ether oxygens (including phenoxy) is 1. The highest BCUT2D eigenvalue weighted by Gasteiger charge is 2.16. The zero-order chi connectivity index (χ0) is 19.8. The fourth-order valence-electron chi connectivity index (χ4n) is 2.59. The first-order valence-electron chi connectivity index (χ1n) is 8.69. The number of hydrogen-bond donors (Lipinski definition) is 2. The van der Waals surface area contributed by atoms with Gasteiger partial charge in [0.2, 0.25) is 0 Å². The van der Waals surface area contributed by atoms with Crippen molar-refractivity contribution in [3.8, 4) is 5.75 Å². The molecule has 8 heteroatoms. The molecule has 0 aliphatic carbocycles. The van der Waals surface area contributed by atoms with Crippen molar-refractivity contribution in [1.82, 2.24) is 20.6 Å². The average molecular weight is 394 g/mol. The zero-order valence-electron chi connectivity index (χ0n) is 15.9. The van der Waals surface area contributed by atoms with Gasteiger partial charge in [-0.3, -0.25) is 19.6 Å². The first-order valence-corrected chi connectivity index (χ1v) is 8.69. The molecule has 0 saturated carbocycles. The van der Waals surface area contributed by atoms with Crippen molar-refractivity contribution in [2.24, 2.45) is 0 Å². The molecule has 0 unspecified atom stereocenters. The predicted molar refractivity (Wildman–Crippen MR) is 107 cm³/mol. The van der Waals surface area contributed by atoms with Gasteiger partial charge in [-0.05, 0) is 41.5 Å². The molecule has 29 heavy (non-hydrogen) atoms. The van der Waals surface area contributed by atoms with Gasteiger partial charge in [-0.25, -0.2) is 0 Å². The van der Waals surface area contributed by atoms with Crippen LogP contribution in [0.5, 0.6) is 5.75 Å². The van der Waals surface area contributed by atoms with E-state index in [1.165, 1.54) is 13.2 Å². The Kier molecular flexibility index (Phi) is 7.81. The zero-order valence-corrected chi connectivity index (χ0v) is 15.9. The molecule has 3 aromatic rings. The topological polar surface area (TPSA) is 125 Å². The molecule has 0 atom stereocenters. The van der Waals surface area contributed by atoms with Crippen LogP contribution < -0.4 is 15.4 Å². The van der Waals surface area contributed by atoms with E-state index in [9.17, 15) is 9.59 Å². The van der Waals surface area contributed by atoms with Gasteiger partial charge >= 0.3 is 0 Å². The van der Waals surface area contributed by atoms with Gasteiger partial charge < -0.3 is 20.8 Å². The summed E-state index contributed by atoms with van der Waals surface area (Å²) in [7, 11) is 1.48. The highest BCUT2D eigenvalue weighted by molar-refractivity contribution is 6.01. The van der Waals surface area contributed by atoms with E-state index in [-0.39, 0.29) is 17.3 Å². The van der Waals surface area contributed by atoms with Crippen molar-refractivity contribution in [3.05, 3.63) is 89.5 Å². The van der Waals surface area contributed by atoms with Gasteiger partial charge in [0.25, 0.3) is 11.8 Å². The van der Waals surface area contributed by atoms with E-state index < -0.39 is 0 Å². The molecule has 0 spiro atoms. The molecule has 8 nitrogen and oxygen atoms in total. The molecule has 1 aromatic carbocycles. The van der Waals surface area contributed by atoms with Crippen LogP contribution in [-0.4, -0.2) is 34.4 Å². The van der Waals surface area contributed by atoms with Crippen LogP contribution in [0.2, 0.25) is 0 Å². The Labute approximate surface area is 168 Å². The number of hydrogen-bond acceptors (Lipinski definition) is 5. The Morgan fingerprint density at radius 1 is 0.897 bits per heavy atom. The maximum Gasteiger partial charge on any atom is 0.255 e. The van der Waals surface area contributed by atoms with E-state index in [4.69, 9.17) is 4.74 Å². The highest BCUT2D eigenvalue weighted by Crippen LogP contribution is 2.20. The number of methoxy groups -OCH3 is 1. The number of carbonyl (C=O) groups excluding carboxylic acids is 2. The SMILES string of the molecule is COc1ccc(C(=O)NCc2cccnc2)cc1C(=O)NCc1cccnc1.O. The van der Waals surface area contributed by atoms with Crippen LogP contribution in [0.15, 0.2) is 67.3 Å². The summed E-state index contributed by atoms with van der Waals surface area (Å²) < 4.78 is 5.27. The molecular weight excluding hydrogens is 372 g/mol. The lowest BCUT2D eigenvalue weighted by atomic mass is 10.1. The Morgan fingerprint density at radius 3 is 2.00 bits per heavy atom. The van der Waals surface area contributed by atoms with E-state index in [1.807, 2.05) is 12.1 Å². The largest absolute Gasteiger partial charge is 0.496 e. The van der Waals surface area contributed by atoms with Gasteiger partial charge in [-0.15, -0.1) is 0 Å². The molecule has 150 valence electrons. The molecule has 0 aliphatic rings. The van der Waals surface area contributed by atoms with E-state index in [1.54, 1.807) is 49.1 Å². The molecule has 2 aromatic heterocycles. The molecular formula is C21H22N4O4. The fourth-order valence-corrected chi connectivity index (χ4v) is 2.59. The predicted octanol–water partition coefficient (Wildman–Crippen LogP) is 1.52. The van der Waals surface area contributed by atoms with E-state index in [0.29, 0.717) is 30.0 Å². The van der Waals surface area contributed by atoms with Gasteiger partial charge in [-0.1, -0.05) is 12.1 Å². The summed E-state index contributed by atoms with van der Waals surface area (Å²) in [6, 6.07) is 12.1. The third kappa shape index (κ3) is 5.85. The van der Waals surface area contributed by atoms with Crippen molar-refractivity contribution in [1.29, 1.82) is 0 Å². The van der Waals surface area contributed by atoms with Gasteiger partial charge in [0.15, 0.2) is 0 Å². The van der Waals surface area contributed by atoms with Gasteiger partial charge in [-0.2, -0.15) is 0 Å². The van der Waals surface area contributed by atoms with E-state index in [2.05, 4.69) is 20.6 Å². The first-order chi connectivity index (χ1) is 13.7. The van der Waals surface area contributed by atoms with E-state index in [0.717, 1.165) is 11.1 Å². The van der Waals surface area contributed by atoms with Crippen LogP contribution in [0.4, 0.5) is 0 Å². The van der Waals surface area contributed by atoms with Crippen molar-refractivity contribution < 1.29 is 19.8 Å². The lowest BCUT2D eigenvalue weighted by Gasteiger charge is -2.12. The molecule has 0 bridgehead atoms. The van der Waals surface area contributed by atoms with Crippen molar-refractivity contribution in [3.63, 3.8) is 0 Å². The Bertz CT molecular complexity index is 949. The summed E-state index contributed by atoms with van der Waals surface area (Å²) in [4.78, 5) is 33.1. The Morgan fingerprint density at radius 2 is 1.48 bits per heavy atom. The van der Waals surface area contributed by atoms with Crippen LogP contribution in [0.1, 0.15) is 31.8 Å². The number of benzene rings is 1. The average Bonchev–Trinajstić information content (AvgIpc) is 2.76. The van der Waals surface area contributed by atoms with Crippen LogP contribution in [0.25, 0.3) is 0 Å². The standard InChI is InChI=1S/C21H20N4O3.H2O/c1-28-19-7-6-17(20(26)24-13-15-4-2-8-22-11-15)10-18(19)21(27)25-14-16-5-3-9-23-12-16;/h2-12H,13-14H2,1H3,(H,24,26)(H,25,27);1H2. The van der Waals surface area contributed by atoms with Gasteiger partial charge in [0, 0.05) is 43.4 Å². The molecule has 3 rings (SSSR count). The molecule has 4 N–H and O–H groups in total. The molecule has 2 amide bonds. The quantitative estimate of drug-likeness (QED) is 0.629. The summed E-state index contributed by atoms with van der Waals surface area (Å²) in [5.41, 5.74) is 2.43. The Balaban J connectivity index is 0.00000300. The van der Waals surface area contributed by atoms with Crippen molar-refractivity contribution in [2.45, 2.75) is 13.1 Å². The number of nitrogens with one attached hydrogen (secondary N) is 2. The number of pyridine rings is 2. The molecule has 0 saturated heterocycles. The monoisotopic (exact) mass is 394 g/mol. The maximum absolute atomic E-state index is 12.6. The fraction of sp³-hybridized carbons (Fsp3) is 0.143. The lowest BCUT2D eigenvalue weighted by molar-refractivity contribution is 0.0948. The number of rotatable bonds is 7. The molecule has 0 radical (unpaired) electrons. The van der Waals surface area contributed by atoms with Crippen LogP contribution in [-0.2, 0) is 13.1 Å². The van der Waals surface area contributed by atoms with Crippen molar-refractivity contribution in [2.75, 3.05) is 7.11 Å². The number of carbonyl (C=O) groups is 2. The second kappa shape index (κ2) is 10.5. The third-order valence-electron chi connectivity index (χ3n) is 4.06. The summed E-state index contributed by atoms with van der Waals surface area (Å²) in [6.07, 6.45) is 6.71. The van der Waals surface area contributed by atoms with Crippen LogP contribution in [0, 0.1) is 0 Å². The normalized spacial score (nSPS) is 9.83. The molecule has 0 aliphatic heterocycles. The lowest BCUT2D eigenvalue weighted by Crippen LogP contribution is -2.26. The Hall–Kier alpha value is -3.78. The van der Waals surface area contributed by atoms with Gasteiger partial charge in [0.1, 0.15) is 5.75 Å². The van der Waals surface area contributed by atoms with E-state index >= 15 is 0 Å². The number of amides is 2. The minimum absolute atomic E-state index is 0. The van der Waals surface area contributed by atoms with Crippen LogP contribution in [0.3, 0.4) is 0 Å². The smallest absolute Gasteiger partial charge is 0.255 e. The second-order valence-corrected chi connectivity index (χ2v) is 6.00.